The van der Waals surface area contributed by atoms with E-state index in [4.69, 9.17) is 37.4 Å². The van der Waals surface area contributed by atoms with Gasteiger partial charge in [0.1, 0.15) is 6.61 Å². The molecule has 3 aromatic rings. The maximum Gasteiger partial charge on any atom is 0.271 e. The number of ether oxygens (including phenoxy) is 3. The number of nitrogens with one attached hydrogen (secondary N) is 1. The number of amides is 1. The van der Waals surface area contributed by atoms with Crippen LogP contribution in [0, 0.1) is 0 Å². The summed E-state index contributed by atoms with van der Waals surface area (Å²) in [4.78, 5) is 12.5. The first-order chi connectivity index (χ1) is 16.4. The van der Waals surface area contributed by atoms with Crippen LogP contribution < -0.4 is 19.6 Å². The second-order valence-electron chi connectivity index (χ2n) is 6.96. The molecule has 9 heteroatoms. The second kappa shape index (κ2) is 12.6. The van der Waals surface area contributed by atoms with Gasteiger partial charge in [-0.15, -0.1) is 0 Å². The van der Waals surface area contributed by atoms with Crippen molar-refractivity contribution in [3.05, 3.63) is 85.8 Å². The number of carbonyl (C=O) groups is 1. The molecular weight excluding hydrogens is 543 g/mol. The lowest BCUT2D eigenvalue weighted by atomic mass is 10.2. The van der Waals surface area contributed by atoms with Crippen LogP contribution in [0.25, 0.3) is 0 Å². The highest BCUT2D eigenvalue weighted by Gasteiger charge is 2.12. The molecule has 0 atom stereocenters. The zero-order valence-corrected chi connectivity index (χ0v) is 21.7. The third-order valence-corrected chi connectivity index (χ3v) is 5.59. The Hall–Kier alpha value is -2.74. The summed E-state index contributed by atoms with van der Waals surface area (Å²) in [5.74, 6) is 1.06. The first kappa shape index (κ1) is 25.9. The predicted molar refractivity (Wildman–Crippen MR) is 139 cm³/mol. The first-order valence-corrected chi connectivity index (χ1v) is 12.1. The molecule has 0 unspecified atom stereocenters. The van der Waals surface area contributed by atoms with Gasteiger partial charge in [-0.25, -0.2) is 5.43 Å². The lowest BCUT2D eigenvalue weighted by molar-refractivity contribution is 0.0954. The predicted octanol–water partition coefficient (Wildman–Crippen LogP) is 6.90. The largest absolute Gasteiger partial charge is 0.490 e. The van der Waals surface area contributed by atoms with Crippen LogP contribution in [0.15, 0.2) is 64.2 Å². The van der Waals surface area contributed by atoms with E-state index in [-0.39, 0.29) is 0 Å². The van der Waals surface area contributed by atoms with E-state index >= 15 is 0 Å². The Kier molecular flexibility index (Phi) is 9.62. The third kappa shape index (κ3) is 7.13. The molecule has 0 heterocycles. The topological polar surface area (TPSA) is 69.2 Å². The molecule has 0 bridgehead atoms. The van der Waals surface area contributed by atoms with Crippen molar-refractivity contribution in [1.82, 2.24) is 5.43 Å². The van der Waals surface area contributed by atoms with Crippen LogP contribution in [0.5, 0.6) is 17.2 Å². The first-order valence-electron chi connectivity index (χ1n) is 10.5. The van der Waals surface area contributed by atoms with Crippen LogP contribution in [0.3, 0.4) is 0 Å². The molecule has 1 amide bonds. The fourth-order valence-electron chi connectivity index (χ4n) is 2.95. The molecule has 3 aromatic carbocycles. The number of carbonyl (C=O) groups excluding carboxylic acids is 1. The Morgan fingerprint density at radius 1 is 0.941 bits per heavy atom. The van der Waals surface area contributed by atoms with E-state index < -0.39 is 5.91 Å². The van der Waals surface area contributed by atoms with Crippen LogP contribution in [0.2, 0.25) is 10.0 Å². The minimum absolute atomic E-state index is 0.321. The van der Waals surface area contributed by atoms with Crippen LogP contribution >= 0.6 is 39.1 Å². The normalized spacial score (nSPS) is 10.9. The number of hydrazone groups is 1. The summed E-state index contributed by atoms with van der Waals surface area (Å²) in [5.41, 5.74) is 4.45. The number of benzene rings is 3. The van der Waals surface area contributed by atoms with E-state index in [1.54, 1.807) is 30.3 Å². The summed E-state index contributed by atoms with van der Waals surface area (Å²) in [6.45, 7) is 5.01. The smallest absolute Gasteiger partial charge is 0.271 e. The molecule has 0 saturated heterocycles. The molecule has 6 nitrogen and oxygen atoms in total. The van der Waals surface area contributed by atoms with Crippen molar-refractivity contribution >= 4 is 51.3 Å². The minimum Gasteiger partial charge on any atom is -0.490 e. The number of nitrogens with zero attached hydrogens (tertiary/aromatic N) is 1. The van der Waals surface area contributed by atoms with Gasteiger partial charge in [0.15, 0.2) is 17.2 Å². The average molecular weight is 566 g/mol. The van der Waals surface area contributed by atoms with Gasteiger partial charge in [-0.3, -0.25) is 4.79 Å². The molecule has 0 saturated carbocycles. The van der Waals surface area contributed by atoms with Crippen LogP contribution in [0.1, 0.15) is 35.3 Å². The van der Waals surface area contributed by atoms with Crippen molar-refractivity contribution in [3.8, 4) is 17.2 Å². The van der Waals surface area contributed by atoms with Crippen molar-refractivity contribution in [2.75, 3.05) is 13.2 Å². The molecule has 0 fully saturated rings. The molecular formula is C25H23BrCl2N2O4. The second-order valence-corrected chi connectivity index (χ2v) is 8.69. The van der Waals surface area contributed by atoms with E-state index in [1.807, 2.05) is 38.1 Å². The SMILES string of the molecule is CCOc1ccc(C(=O)N/N=C/c2cc(Cl)c(OCc3ccc(Br)cc3)c(Cl)c2)cc1OCC. The molecule has 0 aromatic heterocycles. The molecule has 178 valence electrons. The third-order valence-electron chi connectivity index (χ3n) is 4.50. The van der Waals surface area contributed by atoms with E-state index in [0.29, 0.717) is 58.2 Å². The lowest BCUT2D eigenvalue weighted by Crippen LogP contribution is -2.17. The lowest BCUT2D eigenvalue weighted by Gasteiger charge is -2.12. The molecule has 0 spiro atoms. The Morgan fingerprint density at radius 2 is 1.59 bits per heavy atom. The number of hydrogen-bond donors (Lipinski definition) is 1. The van der Waals surface area contributed by atoms with E-state index in [1.165, 1.54) is 6.21 Å². The number of rotatable bonds is 10. The fraction of sp³-hybridized carbons (Fsp3) is 0.200. The van der Waals surface area contributed by atoms with Crippen molar-refractivity contribution in [3.63, 3.8) is 0 Å². The van der Waals surface area contributed by atoms with Gasteiger partial charge in [0, 0.05) is 10.0 Å². The fourth-order valence-corrected chi connectivity index (χ4v) is 3.83. The number of halogens is 3. The zero-order chi connectivity index (χ0) is 24.5. The van der Waals surface area contributed by atoms with Gasteiger partial charge in [0.25, 0.3) is 5.91 Å². The zero-order valence-electron chi connectivity index (χ0n) is 18.6. The molecule has 0 aliphatic carbocycles. The van der Waals surface area contributed by atoms with Gasteiger partial charge in [-0.2, -0.15) is 5.10 Å². The highest BCUT2D eigenvalue weighted by atomic mass is 79.9. The van der Waals surface area contributed by atoms with E-state index in [2.05, 4.69) is 26.5 Å². The van der Waals surface area contributed by atoms with Gasteiger partial charge in [-0.1, -0.05) is 51.3 Å². The molecule has 34 heavy (non-hydrogen) atoms. The summed E-state index contributed by atoms with van der Waals surface area (Å²) >= 11 is 16.1. The van der Waals surface area contributed by atoms with Crippen molar-refractivity contribution in [1.29, 1.82) is 0 Å². The quantitative estimate of drug-likeness (QED) is 0.214. The standard InChI is InChI=1S/C25H23BrCl2N2O4/c1-3-32-22-10-7-18(13-23(22)33-4-2)25(31)30-29-14-17-11-20(27)24(21(28)12-17)34-15-16-5-8-19(26)9-6-16/h5-14H,3-4,15H2,1-2H3,(H,30,31)/b29-14+. The summed E-state index contributed by atoms with van der Waals surface area (Å²) in [6.07, 6.45) is 1.45. The van der Waals surface area contributed by atoms with Crippen LogP contribution in [0.4, 0.5) is 0 Å². The molecule has 3 rings (SSSR count). The van der Waals surface area contributed by atoms with Crippen LogP contribution in [-0.4, -0.2) is 25.3 Å². The van der Waals surface area contributed by atoms with Gasteiger partial charge in [-0.05, 0) is 67.4 Å². The monoisotopic (exact) mass is 564 g/mol. The van der Waals surface area contributed by atoms with E-state index in [9.17, 15) is 4.79 Å². The highest BCUT2D eigenvalue weighted by molar-refractivity contribution is 9.10. The van der Waals surface area contributed by atoms with Crippen molar-refractivity contribution in [2.45, 2.75) is 20.5 Å². The average Bonchev–Trinajstić information content (AvgIpc) is 2.81. The summed E-state index contributed by atoms with van der Waals surface area (Å²) < 4.78 is 17.9. The maximum absolute atomic E-state index is 12.5. The Morgan fingerprint density at radius 3 is 2.24 bits per heavy atom. The summed E-state index contributed by atoms with van der Waals surface area (Å²) in [7, 11) is 0. The molecule has 0 aliphatic heterocycles. The summed E-state index contributed by atoms with van der Waals surface area (Å²) in [6, 6.07) is 16.0. The van der Waals surface area contributed by atoms with Gasteiger partial charge in [0.05, 0.1) is 29.5 Å². The van der Waals surface area contributed by atoms with E-state index in [0.717, 1.165) is 10.0 Å². The Balaban J connectivity index is 1.64. The van der Waals surface area contributed by atoms with Gasteiger partial charge >= 0.3 is 0 Å². The van der Waals surface area contributed by atoms with Crippen molar-refractivity contribution < 1.29 is 19.0 Å². The Labute approximate surface area is 216 Å². The highest BCUT2D eigenvalue weighted by Crippen LogP contribution is 2.34. The maximum atomic E-state index is 12.5. The molecule has 0 radical (unpaired) electrons. The Bertz CT molecular complexity index is 1150. The number of hydrogen-bond acceptors (Lipinski definition) is 5. The minimum atomic E-state index is -0.396. The molecule has 1 N–H and O–H groups in total. The van der Waals surface area contributed by atoms with Crippen molar-refractivity contribution in [2.24, 2.45) is 5.10 Å². The van der Waals surface area contributed by atoms with Gasteiger partial charge < -0.3 is 14.2 Å². The summed E-state index contributed by atoms with van der Waals surface area (Å²) in [5, 5.41) is 4.68. The molecule has 0 aliphatic rings. The van der Waals surface area contributed by atoms with Gasteiger partial charge in [0.2, 0.25) is 0 Å². The van der Waals surface area contributed by atoms with Crippen LogP contribution in [-0.2, 0) is 6.61 Å².